The Balaban J connectivity index is 2.51. The van der Waals surface area contributed by atoms with Crippen molar-refractivity contribution >= 4 is 31.6 Å². The van der Waals surface area contributed by atoms with E-state index in [-0.39, 0.29) is 17.1 Å². The first-order valence-corrected chi connectivity index (χ1v) is 8.23. The summed E-state index contributed by atoms with van der Waals surface area (Å²) in [4.78, 5) is 0.130. The summed E-state index contributed by atoms with van der Waals surface area (Å²) < 4.78 is 40.8. The van der Waals surface area contributed by atoms with Crippen molar-refractivity contribution in [1.82, 2.24) is 0 Å². The highest BCUT2D eigenvalue weighted by Gasteiger charge is 2.25. The summed E-state index contributed by atoms with van der Waals surface area (Å²) >= 11 is 3.25. The zero-order valence-electron chi connectivity index (χ0n) is 10.8. The van der Waals surface area contributed by atoms with Crippen molar-refractivity contribution in [1.29, 1.82) is 0 Å². The molecular formula is C14H13BrFNO2S. The first-order chi connectivity index (χ1) is 9.46. The molecule has 0 bridgehead atoms. The zero-order chi connectivity index (χ0) is 14.8. The van der Waals surface area contributed by atoms with E-state index in [9.17, 15) is 12.8 Å². The summed E-state index contributed by atoms with van der Waals surface area (Å²) in [5, 5.41) is 0. The minimum absolute atomic E-state index is 0.0536. The van der Waals surface area contributed by atoms with E-state index in [0.29, 0.717) is 0 Å². The van der Waals surface area contributed by atoms with E-state index >= 15 is 0 Å². The first kappa shape index (κ1) is 15.0. The van der Waals surface area contributed by atoms with Gasteiger partial charge in [0.2, 0.25) is 0 Å². The van der Waals surface area contributed by atoms with Gasteiger partial charge < -0.3 is 0 Å². The zero-order valence-corrected chi connectivity index (χ0v) is 13.2. The van der Waals surface area contributed by atoms with Crippen LogP contribution in [0.1, 0.15) is 6.92 Å². The fourth-order valence-corrected chi connectivity index (χ4v) is 3.60. The molecule has 0 amide bonds. The maximum absolute atomic E-state index is 13.8. The maximum atomic E-state index is 13.8. The molecule has 0 aliphatic heterocycles. The van der Waals surface area contributed by atoms with Gasteiger partial charge in [-0.25, -0.2) is 12.8 Å². The van der Waals surface area contributed by atoms with Gasteiger partial charge in [0.25, 0.3) is 10.0 Å². The summed E-state index contributed by atoms with van der Waals surface area (Å²) in [6.45, 7) is 1.82. The third-order valence-corrected chi connectivity index (χ3v) is 5.24. The molecule has 2 aromatic carbocycles. The van der Waals surface area contributed by atoms with Gasteiger partial charge in [0, 0.05) is 11.0 Å². The number of rotatable bonds is 4. The van der Waals surface area contributed by atoms with Crippen LogP contribution in [0.4, 0.5) is 10.1 Å². The standard InChI is InChI=1S/C14H13BrFNO2S/c1-2-17(14-6-4-3-5-13(14)16)20(18,19)12-9-7-11(15)8-10-12/h3-10H,2H2,1H3. The molecule has 3 nitrogen and oxygen atoms in total. The molecule has 0 aromatic heterocycles. The minimum Gasteiger partial charge on any atom is -0.264 e. The van der Waals surface area contributed by atoms with Crippen molar-refractivity contribution in [2.75, 3.05) is 10.8 Å². The van der Waals surface area contributed by atoms with Crippen molar-refractivity contribution in [3.63, 3.8) is 0 Å². The minimum atomic E-state index is -3.77. The molecule has 0 aliphatic rings. The average molecular weight is 358 g/mol. The molecule has 0 heterocycles. The smallest absolute Gasteiger partial charge is 0.264 e. The van der Waals surface area contributed by atoms with Gasteiger partial charge in [0.1, 0.15) is 5.82 Å². The Kier molecular flexibility index (Phi) is 4.45. The molecular weight excluding hydrogens is 345 g/mol. The lowest BCUT2D eigenvalue weighted by Gasteiger charge is -2.23. The van der Waals surface area contributed by atoms with E-state index in [1.807, 2.05) is 0 Å². The van der Waals surface area contributed by atoms with Gasteiger partial charge in [-0.05, 0) is 43.3 Å². The Labute approximate surface area is 126 Å². The summed E-state index contributed by atoms with van der Waals surface area (Å²) in [5.74, 6) is -0.560. The average Bonchev–Trinajstić information content (AvgIpc) is 2.42. The van der Waals surface area contributed by atoms with E-state index in [2.05, 4.69) is 15.9 Å². The van der Waals surface area contributed by atoms with Crippen LogP contribution in [0, 0.1) is 5.82 Å². The number of sulfonamides is 1. The molecule has 2 aromatic rings. The van der Waals surface area contributed by atoms with E-state index in [1.54, 1.807) is 25.1 Å². The second kappa shape index (κ2) is 5.93. The highest BCUT2D eigenvalue weighted by molar-refractivity contribution is 9.10. The highest BCUT2D eigenvalue weighted by atomic mass is 79.9. The lowest BCUT2D eigenvalue weighted by Crippen LogP contribution is -2.31. The molecule has 0 saturated heterocycles. The molecule has 6 heteroatoms. The van der Waals surface area contributed by atoms with Crippen LogP contribution < -0.4 is 4.31 Å². The molecule has 0 radical (unpaired) electrons. The number of halogens is 2. The third-order valence-electron chi connectivity index (χ3n) is 2.81. The lowest BCUT2D eigenvalue weighted by molar-refractivity contribution is 0.586. The summed E-state index contributed by atoms with van der Waals surface area (Å²) in [5.41, 5.74) is 0.0536. The topological polar surface area (TPSA) is 37.4 Å². The molecule has 106 valence electrons. The normalized spacial score (nSPS) is 11.3. The Hall–Kier alpha value is -1.40. The number of anilines is 1. The fraction of sp³-hybridized carbons (Fsp3) is 0.143. The van der Waals surface area contributed by atoms with E-state index in [4.69, 9.17) is 0 Å². The maximum Gasteiger partial charge on any atom is 0.264 e. The summed E-state index contributed by atoms with van der Waals surface area (Å²) in [6.07, 6.45) is 0. The van der Waals surface area contributed by atoms with Gasteiger partial charge >= 0.3 is 0 Å². The molecule has 0 N–H and O–H groups in total. The number of benzene rings is 2. The number of hydrogen-bond donors (Lipinski definition) is 0. The van der Waals surface area contributed by atoms with Crippen LogP contribution in [-0.4, -0.2) is 15.0 Å². The lowest BCUT2D eigenvalue weighted by atomic mass is 10.3. The van der Waals surface area contributed by atoms with Crippen molar-refractivity contribution in [3.05, 3.63) is 58.8 Å². The van der Waals surface area contributed by atoms with Crippen LogP contribution >= 0.6 is 15.9 Å². The van der Waals surface area contributed by atoms with Crippen molar-refractivity contribution in [2.24, 2.45) is 0 Å². The largest absolute Gasteiger partial charge is 0.264 e. The van der Waals surface area contributed by atoms with Crippen LogP contribution in [0.2, 0.25) is 0 Å². The number of nitrogens with zero attached hydrogens (tertiary/aromatic N) is 1. The molecule has 0 fully saturated rings. The predicted molar refractivity (Wildman–Crippen MR) is 80.7 cm³/mol. The van der Waals surface area contributed by atoms with Gasteiger partial charge in [-0.3, -0.25) is 4.31 Å². The Morgan fingerprint density at radius 1 is 1.10 bits per heavy atom. The molecule has 0 aliphatic carbocycles. The van der Waals surface area contributed by atoms with Gasteiger partial charge in [-0.2, -0.15) is 0 Å². The fourth-order valence-electron chi connectivity index (χ4n) is 1.86. The summed E-state index contributed by atoms with van der Waals surface area (Å²) in [7, 11) is -3.77. The van der Waals surface area contributed by atoms with E-state index in [0.717, 1.165) is 8.78 Å². The highest BCUT2D eigenvalue weighted by Crippen LogP contribution is 2.26. The SMILES string of the molecule is CCN(c1ccccc1F)S(=O)(=O)c1ccc(Br)cc1. The van der Waals surface area contributed by atoms with Gasteiger partial charge in [0.05, 0.1) is 10.6 Å². The molecule has 0 atom stereocenters. The third kappa shape index (κ3) is 2.86. The molecule has 20 heavy (non-hydrogen) atoms. The number of para-hydroxylation sites is 1. The quantitative estimate of drug-likeness (QED) is 0.834. The molecule has 0 spiro atoms. The molecule has 0 saturated carbocycles. The van der Waals surface area contributed by atoms with Gasteiger partial charge in [-0.1, -0.05) is 28.1 Å². The van der Waals surface area contributed by atoms with Crippen molar-refractivity contribution in [3.8, 4) is 0 Å². The monoisotopic (exact) mass is 357 g/mol. The van der Waals surface area contributed by atoms with Crippen LogP contribution in [0.25, 0.3) is 0 Å². The van der Waals surface area contributed by atoms with Crippen molar-refractivity contribution < 1.29 is 12.8 Å². The van der Waals surface area contributed by atoms with Crippen LogP contribution in [0.3, 0.4) is 0 Å². The van der Waals surface area contributed by atoms with E-state index < -0.39 is 15.8 Å². The van der Waals surface area contributed by atoms with Crippen LogP contribution in [0.15, 0.2) is 57.9 Å². The Morgan fingerprint density at radius 2 is 1.70 bits per heavy atom. The van der Waals surface area contributed by atoms with Crippen LogP contribution in [-0.2, 0) is 10.0 Å². The predicted octanol–water partition coefficient (Wildman–Crippen LogP) is 3.80. The molecule has 2 rings (SSSR count). The van der Waals surface area contributed by atoms with Crippen LogP contribution in [0.5, 0.6) is 0 Å². The first-order valence-electron chi connectivity index (χ1n) is 5.99. The Bertz CT molecular complexity index is 701. The molecule has 0 unspecified atom stereocenters. The second-order valence-corrected chi connectivity index (χ2v) is 6.85. The van der Waals surface area contributed by atoms with Crippen molar-refractivity contribution in [2.45, 2.75) is 11.8 Å². The Morgan fingerprint density at radius 3 is 2.25 bits per heavy atom. The summed E-state index contributed by atoms with van der Waals surface area (Å²) in [6, 6.07) is 12.1. The van der Waals surface area contributed by atoms with E-state index in [1.165, 1.54) is 30.3 Å². The number of hydrogen-bond acceptors (Lipinski definition) is 2. The van der Waals surface area contributed by atoms with Gasteiger partial charge in [-0.15, -0.1) is 0 Å². The second-order valence-electron chi connectivity index (χ2n) is 4.08. The van der Waals surface area contributed by atoms with Gasteiger partial charge in [0.15, 0.2) is 0 Å².